The minimum atomic E-state index is -0.686. The molecule has 0 bridgehead atoms. The normalized spacial score (nSPS) is 22.8. The fourth-order valence-electron chi connectivity index (χ4n) is 2.73. The average Bonchev–Trinajstić information content (AvgIpc) is 2.75. The second kappa shape index (κ2) is 7.67. The zero-order valence-electron chi connectivity index (χ0n) is 10.8. The molecule has 2 N–H and O–H groups in total. The summed E-state index contributed by atoms with van der Waals surface area (Å²) in [5, 5.41) is 18.2. The first-order valence-electron chi connectivity index (χ1n) is 6.80. The molecule has 0 amide bonds. The summed E-state index contributed by atoms with van der Waals surface area (Å²) in [5.41, 5.74) is 0. The summed E-state index contributed by atoms with van der Waals surface area (Å²) in [7, 11) is 0. The summed E-state index contributed by atoms with van der Waals surface area (Å²) in [6.45, 7) is 3.19. The Bertz CT molecular complexity index is 233. The minimum absolute atomic E-state index is 0.205. The van der Waals surface area contributed by atoms with Gasteiger partial charge in [0.2, 0.25) is 0 Å². The number of hydrogen-bond donors (Lipinski definition) is 2. The molecule has 2 unspecified atom stereocenters. The lowest BCUT2D eigenvalue weighted by atomic mass is 10.0. The quantitative estimate of drug-likeness (QED) is 0.683. The van der Waals surface area contributed by atoms with E-state index >= 15 is 0 Å². The number of carboxylic acids is 1. The molecule has 0 aromatic rings. The number of aliphatic hydroxyl groups excluding tert-OH is 1. The number of rotatable bonds is 8. The van der Waals surface area contributed by atoms with Crippen molar-refractivity contribution >= 4 is 5.97 Å². The van der Waals surface area contributed by atoms with E-state index in [4.69, 9.17) is 5.11 Å². The molecule has 0 radical (unpaired) electrons. The van der Waals surface area contributed by atoms with E-state index in [1.165, 1.54) is 0 Å². The third-order valence-corrected chi connectivity index (χ3v) is 3.63. The van der Waals surface area contributed by atoms with Gasteiger partial charge in [-0.3, -0.25) is 9.69 Å². The highest BCUT2D eigenvalue weighted by Gasteiger charge is 2.33. The first-order valence-corrected chi connectivity index (χ1v) is 6.80. The first-order chi connectivity index (χ1) is 8.20. The first kappa shape index (κ1) is 14.5. The van der Waals surface area contributed by atoms with Crippen LogP contribution >= 0.6 is 0 Å². The smallest absolute Gasteiger partial charge is 0.320 e. The zero-order valence-corrected chi connectivity index (χ0v) is 10.8. The molecule has 0 aromatic heterocycles. The highest BCUT2D eigenvalue weighted by molar-refractivity contribution is 5.73. The van der Waals surface area contributed by atoms with Gasteiger partial charge in [0.1, 0.15) is 6.04 Å². The van der Waals surface area contributed by atoms with Gasteiger partial charge in [-0.2, -0.15) is 0 Å². The molecule has 4 heteroatoms. The number of likely N-dealkylation sites (tertiary alicyclic amines) is 1. The Kier molecular flexibility index (Phi) is 6.52. The van der Waals surface area contributed by atoms with Crippen LogP contribution in [0, 0.1) is 0 Å². The molecule has 17 heavy (non-hydrogen) atoms. The van der Waals surface area contributed by atoms with Gasteiger partial charge in [-0.1, -0.05) is 19.8 Å². The molecule has 4 nitrogen and oxygen atoms in total. The standard InChI is InChI=1S/C13H25NO3/c1-2-3-8-12(13(16)17)14-9-4-6-11(14)7-5-10-15/h11-12,15H,2-10H2,1H3,(H,16,17). The fraction of sp³-hybridized carbons (Fsp3) is 0.923. The van der Waals surface area contributed by atoms with Crippen molar-refractivity contribution in [3.05, 3.63) is 0 Å². The highest BCUT2D eigenvalue weighted by atomic mass is 16.4. The lowest BCUT2D eigenvalue weighted by Crippen LogP contribution is -2.44. The highest BCUT2D eigenvalue weighted by Crippen LogP contribution is 2.25. The van der Waals surface area contributed by atoms with Crippen molar-refractivity contribution in [1.82, 2.24) is 4.90 Å². The number of carboxylic acid groups (broad SMARTS) is 1. The van der Waals surface area contributed by atoms with Gasteiger partial charge in [-0.25, -0.2) is 0 Å². The molecule has 1 rings (SSSR count). The van der Waals surface area contributed by atoms with Crippen LogP contribution in [0.4, 0.5) is 0 Å². The third-order valence-electron chi connectivity index (χ3n) is 3.63. The lowest BCUT2D eigenvalue weighted by molar-refractivity contribution is -0.144. The number of carbonyl (C=O) groups is 1. The van der Waals surface area contributed by atoms with E-state index in [0.29, 0.717) is 6.04 Å². The van der Waals surface area contributed by atoms with Crippen LogP contribution in [0.15, 0.2) is 0 Å². The van der Waals surface area contributed by atoms with Gasteiger partial charge in [0.05, 0.1) is 0 Å². The molecule has 1 fully saturated rings. The zero-order chi connectivity index (χ0) is 12.7. The second-order valence-corrected chi connectivity index (χ2v) is 4.90. The van der Waals surface area contributed by atoms with E-state index in [1.807, 2.05) is 0 Å². The molecular formula is C13H25NO3. The Morgan fingerprint density at radius 1 is 1.47 bits per heavy atom. The Labute approximate surface area is 104 Å². The maximum absolute atomic E-state index is 11.3. The van der Waals surface area contributed by atoms with Crippen molar-refractivity contribution in [2.45, 2.75) is 64.0 Å². The van der Waals surface area contributed by atoms with Gasteiger partial charge in [-0.05, 0) is 38.6 Å². The van der Waals surface area contributed by atoms with Crippen molar-refractivity contribution in [2.75, 3.05) is 13.2 Å². The minimum Gasteiger partial charge on any atom is -0.480 e. The van der Waals surface area contributed by atoms with Crippen LogP contribution < -0.4 is 0 Å². The average molecular weight is 243 g/mol. The molecule has 0 saturated carbocycles. The predicted octanol–water partition coefficient (Wildman–Crippen LogP) is 1.87. The van der Waals surface area contributed by atoms with Crippen LogP contribution in [-0.4, -0.2) is 46.3 Å². The topological polar surface area (TPSA) is 60.8 Å². The molecule has 1 saturated heterocycles. The second-order valence-electron chi connectivity index (χ2n) is 4.90. The Morgan fingerprint density at radius 2 is 2.24 bits per heavy atom. The maximum atomic E-state index is 11.3. The summed E-state index contributed by atoms with van der Waals surface area (Å²) < 4.78 is 0. The molecule has 0 aliphatic carbocycles. The largest absolute Gasteiger partial charge is 0.480 e. The third kappa shape index (κ3) is 4.28. The molecular weight excluding hydrogens is 218 g/mol. The van der Waals surface area contributed by atoms with Crippen molar-refractivity contribution in [2.24, 2.45) is 0 Å². The van der Waals surface area contributed by atoms with E-state index in [0.717, 1.165) is 51.5 Å². The SMILES string of the molecule is CCCCC(C(=O)O)N1CCCC1CCCO. The summed E-state index contributed by atoms with van der Waals surface area (Å²) in [4.78, 5) is 13.5. The Balaban J connectivity index is 2.54. The van der Waals surface area contributed by atoms with Crippen LogP contribution in [0.3, 0.4) is 0 Å². The van der Waals surface area contributed by atoms with Gasteiger partial charge in [0, 0.05) is 12.6 Å². The van der Waals surface area contributed by atoms with Crippen molar-refractivity contribution in [3.8, 4) is 0 Å². The van der Waals surface area contributed by atoms with Crippen LogP contribution in [0.2, 0.25) is 0 Å². The van der Waals surface area contributed by atoms with Crippen LogP contribution in [0.25, 0.3) is 0 Å². The van der Waals surface area contributed by atoms with Crippen LogP contribution in [-0.2, 0) is 4.79 Å². The van der Waals surface area contributed by atoms with Gasteiger partial charge in [0.25, 0.3) is 0 Å². The van der Waals surface area contributed by atoms with E-state index in [2.05, 4.69) is 11.8 Å². The molecule has 100 valence electrons. The molecule has 1 aliphatic rings. The van der Waals surface area contributed by atoms with Crippen LogP contribution in [0.5, 0.6) is 0 Å². The maximum Gasteiger partial charge on any atom is 0.320 e. The molecule has 0 spiro atoms. The van der Waals surface area contributed by atoms with Gasteiger partial charge >= 0.3 is 5.97 Å². The van der Waals surface area contributed by atoms with Crippen molar-refractivity contribution in [3.63, 3.8) is 0 Å². The monoisotopic (exact) mass is 243 g/mol. The summed E-state index contributed by atoms with van der Waals surface area (Å²) >= 11 is 0. The fourth-order valence-corrected chi connectivity index (χ4v) is 2.73. The van der Waals surface area contributed by atoms with Gasteiger partial charge < -0.3 is 10.2 Å². The molecule has 2 atom stereocenters. The molecule has 1 heterocycles. The van der Waals surface area contributed by atoms with Crippen LogP contribution in [0.1, 0.15) is 51.9 Å². The molecule has 1 aliphatic heterocycles. The summed E-state index contributed by atoms with van der Waals surface area (Å²) in [6.07, 6.45) is 6.64. The van der Waals surface area contributed by atoms with E-state index in [9.17, 15) is 9.90 Å². The summed E-state index contributed by atoms with van der Waals surface area (Å²) in [6, 6.07) is 0.0428. The number of unbranched alkanes of at least 4 members (excludes halogenated alkanes) is 1. The van der Waals surface area contributed by atoms with E-state index in [1.54, 1.807) is 0 Å². The Morgan fingerprint density at radius 3 is 2.82 bits per heavy atom. The van der Waals surface area contributed by atoms with Crippen molar-refractivity contribution in [1.29, 1.82) is 0 Å². The van der Waals surface area contributed by atoms with Gasteiger partial charge in [0.15, 0.2) is 0 Å². The lowest BCUT2D eigenvalue weighted by Gasteiger charge is -2.30. The van der Waals surface area contributed by atoms with E-state index < -0.39 is 5.97 Å². The summed E-state index contributed by atoms with van der Waals surface area (Å²) in [5.74, 6) is -0.686. The number of aliphatic carboxylic acids is 1. The predicted molar refractivity (Wildman–Crippen MR) is 67.0 cm³/mol. The number of hydrogen-bond acceptors (Lipinski definition) is 3. The van der Waals surface area contributed by atoms with Crippen molar-refractivity contribution < 1.29 is 15.0 Å². The van der Waals surface area contributed by atoms with E-state index in [-0.39, 0.29) is 12.6 Å². The van der Waals surface area contributed by atoms with Gasteiger partial charge in [-0.15, -0.1) is 0 Å². The number of aliphatic hydroxyl groups is 1. The Hall–Kier alpha value is -0.610. The number of nitrogens with zero attached hydrogens (tertiary/aromatic N) is 1. The molecule has 0 aromatic carbocycles.